The topological polar surface area (TPSA) is 54.6 Å². The van der Waals surface area contributed by atoms with E-state index in [1.54, 1.807) is 18.4 Å². The summed E-state index contributed by atoms with van der Waals surface area (Å²) in [7, 11) is 1.70. The maximum absolute atomic E-state index is 6.26. The van der Waals surface area contributed by atoms with E-state index in [2.05, 4.69) is 16.7 Å². The largest absolute Gasteiger partial charge is 0.378 e. The zero-order chi connectivity index (χ0) is 14.8. The van der Waals surface area contributed by atoms with Crippen molar-refractivity contribution in [1.82, 2.24) is 9.88 Å². The predicted molar refractivity (Wildman–Crippen MR) is 84.4 cm³/mol. The molecule has 0 saturated carbocycles. The molecule has 2 N–H and O–H groups in total. The SMILES string of the molecule is CCN1CCN(c2nc(COC)c(C(C)(C)N)s2)CC1. The number of thiazole rings is 1. The van der Waals surface area contributed by atoms with Crippen molar-refractivity contribution in [3.05, 3.63) is 10.6 Å². The van der Waals surface area contributed by atoms with E-state index in [0.717, 1.165) is 48.4 Å². The van der Waals surface area contributed by atoms with Crippen LogP contribution in [-0.4, -0.2) is 49.7 Å². The Hall–Kier alpha value is -0.690. The summed E-state index contributed by atoms with van der Waals surface area (Å²) in [5.74, 6) is 0. The maximum atomic E-state index is 6.26. The lowest BCUT2D eigenvalue weighted by molar-refractivity contribution is 0.180. The van der Waals surface area contributed by atoms with E-state index in [4.69, 9.17) is 15.5 Å². The Kier molecular flexibility index (Phi) is 5.01. The number of hydrogen-bond acceptors (Lipinski definition) is 6. The molecule has 1 aliphatic heterocycles. The standard InChI is InChI=1S/C14H26N4OS/c1-5-17-6-8-18(9-7-17)13-16-11(10-19-4)12(20-13)14(2,3)15/h5-10,15H2,1-4H3. The Morgan fingerprint density at radius 1 is 1.30 bits per heavy atom. The summed E-state index contributed by atoms with van der Waals surface area (Å²) in [4.78, 5) is 10.7. The predicted octanol–water partition coefficient (Wildman–Crippen LogP) is 1.63. The molecule has 0 bridgehead atoms. The van der Waals surface area contributed by atoms with Crippen LogP contribution in [0.25, 0.3) is 0 Å². The molecule has 1 fully saturated rings. The van der Waals surface area contributed by atoms with Crippen molar-refractivity contribution in [2.45, 2.75) is 32.9 Å². The van der Waals surface area contributed by atoms with Crippen LogP contribution >= 0.6 is 11.3 Å². The lowest BCUT2D eigenvalue weighted by Crippen LogP contribution is -2.46. The average Bonchev–Trinajstić information content (AvgIpc) is 2.83. The van der Waals surface area contributed by atoms with Gasteiger partial charge in [0.05, 0.1) is 17.2 Å². The number of ether oxygens (including phenoxy) is 1. The Bertz CT molecular complexity index is 433. The van der Waals surface area contributed by atoms with Gasteiger partial charge in [0, 0.05) is 38.8 Å². The van der Waals surface area contributed by atoms with Gasteiger partial charge in [-0.05, 0) is 20.4 Å². The van der Waals surface area contributed by atoms with Crippen LogP contribution in [0.2, 0.25) is 0 Å². The van der Waals surface area contributed by atoms with Crippen LogP contribution in [0, 0.1) is 0 Å². The molecule has 6 heteroatoms. The molecule has 2 heterocycles. The number of likely N-dealkylation sites (N-methyl/N-ethyl adjacent to an activating group) is 1. The van der Waals surface area contributed by atoms with E-state index in [-0.39, 0.29) is 5.54 Å². The maximum Gasteiger partial charge on any atom is 0.186 e. The fourth-order valence-corrected chi connectivity index (χ4v) is 3.60. The summed E-state index contributed by atoms with van der Waals surface area (Å²) in [5, 5.41) is 1.08. The summed E-state index contributed by atoms with van der Waals surface area (Å²) in [5.41, 5.74) is 6.88. The van der Waals surface area contributed by atoms with Gasteiger partial charge in [-0.2, -0.15) is 0 Å². The summed E-state index contributed by atoms with van der Waals surface area (Å²) in [6.07, 6.45) is 0. The quantitative estimate of drug-likeness (QED) is 0.895. The third-order valence-corrected chi connectivity index (χ3v) is 5.14. The number of rotatable bonds is 5. The Labute approximate surface area is 125 Å². The molecular formula is C14H26N4OS. The number of piperazine rings is 1. The molecule has 114 valence electrons. The molecule has 1 aliphatic rings. The molecule has 0 unspecified atom stereocenters. The zero-order valence-corrected chi connectivity index (χ0v) is 13.8. The normalized spacial score (nSPS) is 17.8. The van der Waals surface area contributed by atoms with E-state index in [0.29, 0.717) is 6.61 Å². The van der Waals surface area contributed by atoms with Crippen LogP contribution in [0.3, 0.4) is 0 Å². The van der Waals surface area contributed by atoms with E-state index in [9.17, 15) is 0 Å². The van der Waals surface area contributed by atoms with Crippen molar-refractivity contribution in [1.29, 1.82) is 0 Å². The van der Waals surface area contributed by atoms with Crippen LogP contribution in [0.4, 0.5) is 5.13 Å². The molecule has 1 saturated heterocycles. The number of nitrogens with zero attached hydrogens (tertiary/aromatic N) is 3. The molecule has 0 atom stereocenters. The Balaban J connectivity index is 2.17. The van der Waals surface area contributed by atoms with E-state index in [1.165, 1.54) is 0 Å². The Morgan fingerprint density at radius 2 is 1.95 bits per heavy atom. The number of anilines is 1. The van der Waals surface area contributed by atoms with Crippen molar-refractivity contribution in [2.75, 3.05) is 44.7 Å². The minimum absolute atomic E-state index is 0.366. The number of hydrogen-bond donors (Lipinski definition) is 1. The second-order valence-corrected chi connectivity index (χ2v) is 6.83. The molecule has 5 nitrogen and oxygen atoms in total. The molecule has 0 spiro atoms. The van der Waals surface area contributed by atoms with Gasteiger partial charge in [0.1, 0.15) is 0 Å². The number of methoxy groups -OCH3 is 1. The third kappa shape index (κ3) is 3.49. The zero-order valence-electron chi connectivity index (χ0n) is 13.0. The molecule has 1 aromatic heterocycles. The van der Waals surface area contributed by atoms with E-state index < -0.39 is 0 Å². The fraction of sp³-hybridized carbons (Fsp3) is 0.786. The monoisotopic (exact) mass is 298 g/mol. The summed E-state index contributed by atoms with van der Waals surface area (Å²) in [6, 6.07) is 0. The van der Waals surface area contributed by atoms with Crippen LogP contribution in [0.1, 0.15) is 31.3 Å². The van der Waals surface area contributed by atoms with Crippen molar-refractivity contribution in [3.8, 4) is 0 Å². The molecule has 20 heavy (non-hydrogen) atoms. The van der Waals surface area contributed by atoms with Crippen LogP contribution in [0.5, 0.6) is 0 Å². The van der Waals surface area contributed by atoms with Crippen molar-refractivity contribution in [2.24, 2.45) is 5.73 Å². The van der Waals surface area contributed by atoms with Gasteiger partial charge in [-0.3, -0.25) is 0 Å². The number of nitrogens with two attached hydrogens (primary N) is 1. The molecule has 0 amide bonds. The first-order chi connectivity index (χ1) is 9.45. The lowest BCUT2D eigenvalue weighted by atomic mass is 10.0. The van der Waals surface area contributed by atoms with Gasteiger partial charge in [0.25, 0.3) is 0 Å². The van der Waals surface area contributed by atoms with Gasteiger partial charge in [-0.15, -0.1) is 0 Å². The van der Waals surface area contributed by atoms with Crippen molar-refractivity contribution >= 4 is 16.5 Å². The summed E-state index contributed by atoms with van der Waals surface area (Å²) < 4.78 is 5.26. The minimum Gasteiger partial charge on any atom is -0.378 e. The number of aromatic nitrogens is 1. The van der Waals surface area contributed by atoms with E-state index >= 15 is 0 Å². The first-order valence-electron chi connectivity index (χ1n) is 7.21. The fourth-order valence-electron chi connectivity index (χ4n) is 2.47. The van der Waals surface area contributed by atoms with Crippen LogP contribution in [-0.2, 0) is 16.9 Å². The molecule has 1 aromatic rings. The van der Waals surface area contributed by atoms with E-state index in [1.807, 2.05) is 13.8 Å². The summed E-state index contributed by atoms with van der Waals surface area (Å²) >= 11 is 1.71. The Morgan fingerprint density at radius 3 is 2.45 bits per heavy atom. The highest BCUT2D eigenvalue weighted by Gasteiger charge is 2.26. The molecule has 2 rings (SSSR count). The second kappa shape index (κ2) is 6.39. The van der Waals surface area contributed by atoms with Crippen molar-refractivity contribution < 1.29 is 4.74 Å². The highest BCUT2D eigenvalue weighted by Crippen LogP contribution is 2.33. The van der Waals surface area contributed by atoms with Gasteiger partial charge >= 0.3 is 0 Å². The molecule has 0 radical (unpaired) electrons. The minimum atomic E-state index is -0.366. The third-order valence-electron chi connectivity index (χ3n) is 3.64. The highest BCUT2D eigenvalue weighted by atomic mass is 32.1. The molecular weight excluding hydrogens is 272 g/mol. The average molecular weight is 298 g/mol. The van der Waals surface area contributed by atoms with Crippen molar-refractivity contribution in [3.63, 3.8) is 0 Å². The van der Waals surface area contributed by atoms with Crippen LogP contribution < -0.4 is 10.6 Å². The van der Waals surface area contributed by atoms with Gasteiger partial charge in [0.2, 0.25) is 0 Å². The van der Waals surface area contributed by atoms with Gasteiger partial charge in [0.15, 0.2) is 5.13 Å². The van der Waals surface area contributed by atoms with Gasteiger partial charge in [-0.25, -0.2) is 4.98 Å². The second-order valence-electron chi connectivity index (χ2n) is 5.85. The van der Waals surface area contributed by atoms with Gasteiger partial charge < -0.3 is 20.3 Å². The first kappa shape index (κ1) is 15.7. The van der Waals surface area contributed by atoms with Gasteiger partial charge in [-0.1, -0.05) is 18.3 Å². The summed E-state index contributed by atoms with van der Waals surface area (Å²) in [6.45, 7) is 12.2. The lowest BCUT2D eigenvalue weighted by Gasteiger charge is -2.33. The van der Waals surface area contributed by atoms with Crippen LogP contribution in [0.15, 0.2) is 0 Å². The first-order valence-corrected chi connectivity index (χ1v) is 8.02. The molecule has 0 aliphatic carbocycles. The highest BCUT2D eigenvalue weighted by molar-refractivity contribution is 7.15. The smallest absolute Gasteiger partial charge is 0.186 e. The molecule has 0 aromatic carbocycles.